The summed E-state index contributed by atoms with van der Waals surface area (Å²) in [5.41, 5.74) is 6.83. The summed E-state index contributed by atoms with van der Waals surface area (Å²) >= 11 is 0. The zero-order chi connectivity index (χ0) is 14.5. The number of carbonyl (C=O) groups is 1. The minimum Gasteiger partial charge on any atom is -0.497 e. The van der Waals surface area contributed by atoms with Crippen molar-refractivity contribution in [3.8, 4) is 17.2 Å². The van der Waals surface area contributed by atoms with Crippen LogP contribution in [-0.2, 0) is 11.2 Å². The molecule has 0 aliphatic rings. The molecule has 0 saturated carbocycles. The summed E-state index contributed by atoms with van der Waals surface area (Å²) in [6.45, 7) is 0. The van der Waals surface area contributed by atoms with Crippen molar-refractivity contribution < 1.29 is 19.4 Å². The van der Waals surface area contributed by atoms with Crippen LogP contribution in [0.2, 0.25) is 0 Å². The Kier molecular flexibility index (Phi) is 4.10. The number of benzene rings is 2. The highest BCUT2D eigenvalue weighted by atomic mass is 16.5. The predicted molar refractivity (Wildman–Crippen MR) is 75.3 cm³/mol. The van der Waals surface area contributed by atoms with Crippen LogP contribution in [0, 0.1) is 0 Å². The molecule has 0 saturated heterocycles. The minimum atomic E-state index is -0.924. The summed E-state index contributed by atoms with van der Waals surface area (Å²) in [4.78, 5) is 10.9. The first-order chi connectivity index (χ1) is 9.58. The Morgan fingerprint density at radius 3 is 2.65 bits per heavy atom. The number of aliphatic carboxylic acids is 1. The second-order valence-electron chi connectivity index (χ2n) is 4.22. The number of rotatable bonds is 5. The van der Waals surface area contributed by atoms with E-state index in [0.29, 0.717) is 28.5 Å². The van der Waals surface area contributed by atoms with Crippen LogP contribution >= 0.6 is 0 Å². The number of carboxylic acids is 1. The third-order valence-electron chi connectivity index (χ3n) is 2.70. The molecule has 0 bridgehead atoms. The normalized spacial score (nSPS) is 10.1. The highest BCUT2D eigenvalue weighted by molar-refractivity contribution is 5.71. The van der Waals surface area contributed by atoms with E-state index in [4.69, 9.17) is 20.3 Å². The topological polar surface area (TPSA) is 81.8 Å². The third kappa shape index (κ3) is 3.41. The minimum absolute atomic E-state index is 0.123. The van der Waals surface area contributed by atoms with Gasteiger partial charge in [0.2, 0.25) is 0 Å². The molecule has 2 aromatic carbocycles. The van der Waals surface area contributed by atoms with Crippen LogP contribution in [0.25, 0.3) is 0 Å². The van der Waals surface area contributed by atoms with Gasteiger partial charge in [-0.3, -0.25) is 4.79 Å². The van der Waals surface area contributed by atoms with Crippen LogP contribution in [0.1, 0.15) is 5.56 Å². The van der Waals surface area contributed by atoms with E-state index in [1.807, 2.05) is 0 Å². The predicted octanol–water partition coefficient (Wildman–Crippen LogP) is 2.70. The quantitative estimate of drug-likeness (QED) is 0.818. The van der Waals surface area contributed by atoms with Crippen LogP contribution in [-0.4, -0.2) is 18.2 Å². The van der Waals surface area contributed by atoms with E-state index in [0.717, 1.165) is 0 Å². The maximum absolute atomic E-state index is 10.9. The Labute approximate surface area is 116 Å². The molecule has 104 valence electrons. The molecular formula is C15H15NO4. The SMILES string of the molecule is COc1ccc(CC(=O)O)c(Oc2cccc(N)c2)c1. The molecule has 0 fully saturated rings. The van der Waals surface area contributed by atoms with Gasteiger partial charge in [-0.25, -0.2) is 0 Å². The van der Waals surface area contributed by atoms with Crippen molar-refractivity contribution in [1.82, 2.24) is 0 Å². The Balaban J connectivity index is 2.34. The molecule has 2 aromatic rings. The maximum Gasteiger partial charge on any atom is 0.307 e. The molecular weight excluding hydrogens is 258 g/mol. The van der Waals surface area contributed by atoms with Crippen molar-refractivity contribution in [3.05, 3.63) is 48.0 Å². The lowest BCUT2D eigenvalue weighted by Crippen LogP contribution is -2.02. The van der Waals surface area contributed by atoms with Gasteiger partial charge in [-0.15, -0.1) is 0 Å². The van der Waals surface area contributed by atoms with Crippen LogP contribution in [0.4, 0.5) is 5.69 Å². The Morgan fingerprint density at radius 2 is 2.00 bits per heavy atom. The summed E-state index contributed by atoms with van der Waals surface area (Å²) in [5.74, 6) is 0.660. The molecule has 0 radical (unpaired) electrons. The molecule has 2 rings (SSSR count). The molecule has 20 heavy (non-hydrogen) atoms. The summed E-state index contributed by atoms with van der Waals surface area (Å²) in [6, 6.07) is 12.0. The van der Waals surface area contributed by atoms with Gasteiger partial charge in [0.1, 0.15) is 17.2 Å². The molecule has 5 nitrogen and oxygen atoms in total. The van der Waals surface area contributed by atoms with Crippen LogP contribution in [0.3, 0.4) is 0 Å². The second-order valence-corrected chi connectivity index (χ2v) is 4.22. The molecule has 0 aliphatic carbocycles. The van der Waals surface area contributed by atoms with Crippen molar-refractivity contribution in [2.45, 2.75) is 6.42 Å². The molecule has 5 heteroatoms. The van der Waals surface area contributed by atoms with E-state index in [-0.39, 0.29) is 6.42 Å². The van der Waals surface area contributed by atoms with E-state index in [1.165, 1.54) is 7.11 Å². The van der Waals surface area contributed by atoms with Gasteiger partial charge in [-0.05, 0) is 18.2 Å². The van der Waals surface area contributed by atoms with Gasteiger partial charge in [0.05, 0.1) is 13.5 Å². The summed E-state index contributed by atoms with van der Waals surface area (Å²) in [5, 5.41) is 8.92. The lowest BCUT2D eigenvalue weighted by molar-refractivity contribution is -0.136. The van der Waals surface area contributed by atoms with Gasteiger partial charge in [-0.2, -0.15) is 0 Å². The number of hydrogen-bond donors (Lipinski definition) is 2. The van der Waals surface area contributed by atoms with E-state index < -0.39 is 5.97 Å². The molecule has 0 unspecified atom stereocenters. The number of anilines is 1. The molecule has 0 heterocycles. The molecule has 0 aromatic heterocycles. The fourth-order valence-electron chi connectivity index (χ4n) is 1.77. The standard InChI is InChI=1S/C15H15NO4/c1-19-12-6-5-10(7-15(17)18)14(9-12)20-13-4-2-3-11(16)8-13/h2-6,8-9H,7,16H2,1H3,(H,17,18). The third-order valence-corrected chi connectivity index (χ3v) is 2.70. The van der Waals surface area contributed by atoms with Gasteiger partial charge in [-0.1, -0.05) is 12.1 Å². The maximum atomic E-state index is 10.9. The average Bonchev–Trinajstić information content (AvgIpc) is 2.40. The monoisotopic (exact) mass is 273 g/mol. The van der Waals surface area contributed by atoms with E-state index in [9.17, 15) is 4.79 Å². The van der Waals surface area contributed by atoms with Gasteiger partial charge in [0, 0.05) is 23.4 Å². The smallest absolute Gasteiger partial charge is 0.307 e. The van der Waals surface area contributed by atoms with Crippen molar-refractivity contribution in [2.75, 3.05) is 12.8 Å². The Hall–Kier alpha value is -2.69. The number of hydrogen-bond acceptors (Lipinski definition) is 4. The zero-order valence-corrected chi connectivity index (χ0v) is 11.0. The first-order valence-corrected chi connectivity index (χ1v) is 6.00. The van der Waals surface area contributed by atoms with E-state index in [2.05, 4.69) is 0 Å². The average molecular weight is 273 g/mol. The van der Waals surface area contributed by atoms with Crippen LogP contribution < -0.4 is 15.2 Å². The second kappa shape index (κ2) is 5.97. The summed E-state index contributed by atoms with van der Waals surface area (Å²) in [7, 11) is 1.54. The van der Waals surface area contributed by atoms with Crippen LogP contribution in [0.5, 0.6) is 17.2 Å². The molecule has 0 atom stereocenters. The van der Waals surface area contributed by atoms with Crippen LogP contribution in [0.15, 0.2) is 42.5 Å². The summed E-state index contributed by atoms with van der Waals surface area (Å²) < 4.78 is 10.8. The number of nitrogen functional groups attached to an aromatic ring is 1. The fourth-order valence-corrected chi connectivity index (χ4v) is 1.77. The molecule has 0 amide bonds. The number of carboxylic acid groups (broad SMARTS) is 1. The lowest BCUT2D eigenvalue weighted by atomic mass is 10.1. The first-order valence-electron chi connectivity index (χ1n) is 6.00. The van der Waals surface area contributed by atoms with Gasteiger partial charge in [0.25, 0.3) is 0 Å². The molecule has 0 spiro atoms. The van der Waals surface area contributed by atoms with Gasteiger partial charge < -0.3 is 20.3 Å². The van der Waals surface area contributed by atoms with E-state index >= 15 is 0 Å². The number of nitrogens with two attached hydrogens (primary N) is 1. The Bertz CT molecular complexity index is 625. The first kappa shape index (κ1) is 13.7. The molecule has 0 aliphatic heterocycles. The van der Waals surface area contributed by atoms with E-state index in [1.54, 1.807) is 42.5 Å². The number of ether oxygens (including phenoxy) is 2. The largest absolute Gasteiger partial charge is 0.497 e. The van der Waals surface area contributed by atoms with Crippen molar-refractivity contribution in [2.24, 2.45) is 0 Å². The molecule has 3 N–H and O–H groups in total. The fraction of sp³-hybridized carbons (Fsp3) is 0.133. The zero-order valence-electron chi connectivity index (χ0n) is 11.0. The van der Waals surface area contributed by atoms with Gasteiger partial charge in [0.15, 0.2) is 0 Å². The van der Waals surface area contributed by atoms with Crippen molar-refractivity contribution in [3.63, 3.8) is 0 Å². The summed E-state index contributed by atoms with van der Waals surface area (Å²) in [6.07, 6.45) is -0.123. The Morgan fingerprint density at radius 1 is 1.20 bits per heavy atom. The highest BCUT2D eigenvalue weighted by Gasteiger charge is 2.10. The van der Waals surface area contributed by atoms with Crippen molar-refractivity contribution in [1.29, 1.82) is 0 Å². The number of methoxy groups -OCH3 is 1. The highest BCUT2D eigenvalue weighted by Crippen LogP contribution is 2.30. The van der Waals surface area contributed by atoms with Crippen molar-refractivity contribution >= 4 is 11.7 Å². The lowest BCUT2D eigenvalue weighted by Gasteiger charge is -2.12. The van der Waals surface area contributed by atoms with Gasteiger partial charge >= 0.3 is 5.97 Å².